The molecule has 7 nitrogen and oxygen atoms in total. The van der Waals surface area contributed by atoms with Crippen LogP contribution in [0.25, 0.3) is 0 Å². The van der Waals surface area contributed by atoms with Crippen LogP contribution in [-0.4, -0.2) is 24.5 Å². The van der Waals surface area contributed by atoms with Crippen LogP contribution in [0.1, 0.15) is 22.2 Å². The van der Waals surface area contributed by atoms with E-state index in [1.54, 1.807) is 12.1 Å². The Kier molecular flexibility index (Phi) is 5.13. The molecule has 1 amide bonds. The molecule has 0 radical (unpaired) electrons. The van der Waals surface area contributed by atoms with Gasteiger partial charge in [0.05, 0.1) is 28.3 Å². The lowest BCUT2D eigenvalue weighted by Gasteiger charge is -2.14. The molecule has 1 atom stereocenters. The average Bonchev–Trinajstić information content (AvgIpc) is 3.02. The van der Waals surface area contributed by atoms with Crippen LogP contribution < -0.4 is 5.32 Å². The first kappa shape index (κ1) is 16.0. The maximum atomic E-state index is 12.1. The number of rotatable bonds is 6. The van der Waals surface area contributed by atoms with Gasteiger partial charge < -0.3 is 14.5 Å². The van der Waals surface area contributed by atoms with Crippen molar-refractivity contribution in [3.8, 4) is 0 Å². The highest BCUT2D eigenvalue weighted by Gasteiger charge is 2.19. The first-order valence-corrected chi connectivity index (χ1v) is 6.69. The van der Waals surface area contributed by atoms with E-state index in [1.165, 1.54) is 25.5 Å². The van der Waals surface area contributed by atoms with Gasteiger partial charge in [-0.1, -0.05) is 11.6 Å². The third-order valence-corrected chi connectivity index (χ3v) is 3.33. The zero-order chi connectivity index (χ0) is 16.1. The van der Waals surface area contributed by atoms with E-state index < -0.39 is 16.9 Å². The van der Waals surface area contributed by atoms with Crippen LogP contribution in [0.5, 0.6) is 0 Å². The number of amides is 1. The van der Waals surface area contributed by atoms with E-state index in [4.69, 9.17) is 20.8 Å². The molecule has 1 aromatic carbocycles. The number of hydrogen-bond acceptors (Lipinski definition) is 5. The summed E-state index contributed by atoms with van der Waals surface area (Å²) in [6, 6.07) is 7.11. The van der Waals surface area contributed by atoms with E-state index in [2.05, 4.69) is 5.32 Å². The number of non-ortho nitro benzene ring substituents is 1. The van der Waals surface area contributed by atoms with E-state index in [0.717, 1.165) is 6.07 Å². The Morgan fingerprint density at radius 1 is 1.50 bits per heavy atom. The van der Waals surface area contributed by atoms with Gasteiger partial charge in [0.2, 0.25) is 0 Å². The summed E-state index contributed by atoms with van der Waals surface area (Å²) in [5.41, 5.74) is -0.172. The molecule has 1 aromatic heterocycles. The van der Waals surface area contributed by atoms with Gasteiger partial charge in [0.1, 0.15) is 11.9 Å². The minimum Gasteiger partial charge on any atom is -0.467 e. The molecule has 0 spiro atoms. The molecule has 116 valence electrons. The molecule has 22 heavy (non-hydrogen) atoms. The summed E-state index contributed by atoms with van der Waals surface area (Å²) >= 11 is 5.91. The molecule has 0 saturated carbocycles. The lowest BCUT2D eigenvalue weighted by atomic mass is 10.2. The molecule has 0 aliphatic carbocycles. The minimum absolute atomic E-state index is 0.0326. The molecule has 2 rings (SSSR count). The standard InChI is InChI=1S/C14H13ClN2O5/c1-21-13(12-3-2-6-22-12)8-16-14(18)10-7-9(17(19)20)4-5-11(10)15/h2-7,13H,8H2,1H3,(H,16,18). The quantitative estimate of drug-likeness (QED) is 0.651. The van der Waals surface area contributed by atoms with Crippen LogP contribution in [-0.2, 0) is 4.74 Å². The van der Waals surface area contributed by atoms with Crippen molar-refractivity contribution in [3.05, 3.63) is 63.1 Å². The van der Waals surface area contributed by atoms with Gasteiger partial charge >= 0.3 is 0 Å². The highest BCUT2D eigenvalue weighted by molar-refractivity contribution is 6.33. The van der Waals surface area contributed by atoms with Gasteiger partial charge in [0.15, 0.2) is 0 Å². The van der Waals surface area contributed by atoms with E-state index in [0.29, 0.717) is 5.76 Å². The van der Waals surface area contributed by atoms with Crippen molar-refractivity contribution in [2.24, 2.45) is 0 Å². The summed E-state index contributed by atoms with van der Waals surface area (Å²) < 4.78 is 10.4. The Morgan fingerprint density at radius 2 is 2.27 bits per heavy atom. The van der Waals surface area contributed by atoms with Gasteiger partial charge in [-0.3, -0.25) is 14.9 Å². The number of nitro groups is 1. The lowest BCUT2D eigenvalue weighted by Crippen LogP contribution is -2.29. The summed E-state index contributed by atoms with van der Waals surface area (Å²) in [6.45, 7) is 0.141. The number of benzene rings is 1. The number of halogens is 1. The number of carbonyl (C=O) groups is 1. The number of methoxy groups -OCH3 is 1. The Bertz CT molecular complexity index is 672. The molecule has 1 unspecified atom stereocenters. The number of furan rings is 1. The zero-order valence-corrected chi connectivity index (χ0v) is 12.4. The fourth-order valence-corrected chi connectivity index (χ4v) is 2.06. The van der Waals surface area contributed by atoms with Crippen molar-refractivity contribution in [1.82, 2.24) is 5.32 Å². The Hall–Kier alpha value is -2.38. The van der Waals surface area contributed by atoms with Crippen LogP contribution in [0.15, 0.2) is 41.0 Å². The van der Waals surface area contributed by atoms with Gasteiger partial charge in [-0.05, 0) is 18.2 Å². The fraction of sp³-hybridized carbons (Fsp3) is 0.214. The topological polar surface area (TPSA) is 94.6 Å². The van der Waals surface area contributed by atoms with Crippen LogP contribution in [0.4, 0.5) is 5.69 Å². The molecule has 0 aliphatic rings. The maximum absolute atomic E-state index is 12.1. The van der Waals surface area contributed by atoms with Gasteiger partial charge in [0, 0.05) is 19.2 Å². The second-order valence-corrected chi connectivity index (χ2v) is 4.78. The summed E-state index contributed by atoms with van der Waals surface area (Å²) in [6.07, 6.45) is 1.04. The van der Waals surface area contributed by atoms with Gasteiger partial charge in [-0.2, -0.15) is 0 Å². The second-order valence-electron chi connectivity index (χ2n) is 4.37. The third kappa shape index (κ3) is 3.63. The first-order valence-electron chi connectivity index (χ1n) is 6.31. The fourth-order valence-electron chi connectivity index (χ4n) is 1.86. The van der Waals surface area contributed by atoms with E-state index in [9.17, 15) is 14.9 Å². The summed E-state index contributed by atoms with van der Waals surface area (Å²) in [4.78, 5) is 22.3. The van der Waals surface area contributed by atoms with Crippen molar-refractivity contribution in [3.63, 3.8) is 0 Å². The van der Waals surface area contributed by atoms with E-state index in [1.807, 2.05) is 0 Å². The molecule has 2 aromatic rings. The molecule has 1 heterocycles. The van der Waals surface area contributed by atoms with Crippen molar-refractivity contribution < 1.29 is 18.9 Å². The third-order valence-electron chi connectivity index (χ3n) is 3.00. The molecular weight excluding hydrogens is 312 g/mol. The molecule has 8 heteroatoms. The first-order chi connectivity index (χ1) is 10.5. The zero-order valence-electron chi connectivity index (χ0n) is 11.6. The van der Waals surface area contributed by atoms with Gasteiger partial charge in [-0.25, -0.2) is 0 Å². The molecule has 0 aliphatic heterocycles. The predicted molar refractivity (Wildman–Crippen MR) is 78.9 cm³/mol. The van der Waals surface area contributed by atoms with Crippen LogP contribution in [0.2, 0.25) is 5.02 Å². The normalized spacial score (nSPS) is 11.9. The highest BCUT2D eigenvalue weighted by atomic mass is 35.5. The number of nitrogens with zero attached hydrogens (tertiary/aromatic N) is 1. The molecule has 0 bridgehead atoms. The number of carbonyl (C=O) groups excluding carboxylic acids is 1. The Morgan fingerprint density at radius 3 is 2.86 bits per heavy atom. The monoisotopic (exact) mass is 324 g/mol. The van der Waals surface area contributed by atoms with Gasteiger partial charge in [-0.15, -0.1) is 0 Å². The van der Waals surface area contributed by atoms with Crippen molar-refractivity contribution in [2.75, 3.05) is 13.7 Å². The molecule has 0 saturated heterocycles. The summed E-state index contributed by atoms with van der Waals surface area (Å²) in [7, 11) is 1.49. The lowest BCUT2D eigenvalue weighted by molar-refractivity contribution is -0.384. The van der Waals surface area contributed by atoms with Crippen molar-refractivity contribution in [1.29, 1.82) is 0 Å². The minimum atomic E-state index is -0.589. The number of hydrogen-bond donors (Lipinski definition) is 1. The highest BCUT2D eigenvalue weighted by Crippen LogP contribution is 2.22. The maximum Gasteiger partial charge on any atom is 0.270 e. The predicted octanol–water partition coefficient (Wildman–Crippen LogP) is 2.96. The van der Waals surface area contributed by atoms with Crippen LogP contribution >= 0.6 is 11.6 Å². The van der Waals surface area contributed by atoms with Crippen LogP contribution in [0.3, 0.4) is 0 Å². The van der Waals surface area contributed by atoms with Crippen molar-refractivity contribution in [2.45, 2.75) is 6.10 Å². The van der Waals surface area contributed by atoms with E-state index >= 15 is 0 Å². The summed E-state index contributed by atoms with van der Waals surface area (Å²) in [5, 5.41) is 13.5. The Labute approximate surface area is 131 Å². The van der Waals surface area contributed by atoms with Crippen molar-refractivity contribution >= 4 is 23.2 Å². The smallest absolute Gasteiger partial charge is 0.270 e. The summed E-state index contributed by atoms with van der Waals surface area (Å²) in [5.74, 6) is 0.0373. The number of ether oxygens (including phenoxy) is 1. The average molecular weight is 325 g/mol. The molecular formula is C14H13ClN2O5. The van der Waals surface area contributed by atoms with Gasteiger partial charge in [0.25, 0.3) is 11.6 Å². The Balaban J connectivity index is 2.09. The molecule has 1 N–H and O–H groups in total. The number of nitrogens with one attached hydrogen (secondary N) is 1. The largest absolute Gasteiger partial charge is 0.467 e. The number of nitro benzene ring substituents is 1. The molecule has 0 fully saturated rings. The second kappa shape index (κ2) is 7.06. The van der Waals surface area contributed by atoms with E-state index in [-0.39, 0.29) is 22.8 Å². The SMILES string of the molecule is COC(CNC(=O)c1cc([N+](=O)[O-])ccc1Cl)c1ccco1. The van der Waals surface area contributed by atoms with Crippen LogP contribution in [0, 0.1) is 10.1 Å².